The molecule has 5 nitrogen and oxygen atoms in total. The Labute approximate surface area is 190 Å². The molecule has 3 heterocycles. The summed E-state index contributed by atoms with van der Waals surface area (Å²) in [6, 6.07) is 10.1. The molecular formula is C22H25Cl2N3O2S. The molecule has 160 valence electrons. The van der Waals surface area contributed by atoms with Gasteiger partial charge in [0.05, 0.1) is 22.5 Å². The summed E-state index contributed by atoms with van der Waals surface area (Å²) in [5.74, 6) is -0.169. The first-order valence-corrected chi connectivity index (χ1v) is 11.9. The Hall–Kier alpha value is -1.60. The van der Waals surface area contributed by atoms with Crippen LogP contribution in [0.2, 0.25) is 10.0 Å². The first-order valence-electron chi connectivity index (χ1n) is 10.3. The number of piperidine rings is 1. The van der Waals surface area contributed by atoms with Crippen LogP contribution in [-0.4, -0.2) is 47.3 Å². The predicted molar refractivity (Wildman–Crippen MR) is 121 cm³/mol. The van der Waals surface area contributed by atoms with Crippen LogP contribution in [-0.2, 0) is 22.7 Å². The summed E-state index contributed by atoms with van der Waals surface area (Å²) >= 11 is 13.8. The third-order valence-electron chi connectivity index (χ3n) is 5.90. The van der Waals surface area contributed by atoms with E-state index in [9.17, 15) is 9.59 Å². The molecule has 2 aromatic rings. The van der Waals surface area contributed by atoms with Crippen molar-refractivity contribution < 1.29 is 9.59 Å². The van der Waals surface area contributed by atoms with Crippen LogP contribution in [0.5, 0.6) is 0 Å². The summed E-state index contributed by atoms with van der Waals surface area (Å²) in [4.78, 5) is 30.5. The van der Waals surface area contributed by atoms with Gasteiger partial charge in [-0.15, -0.1) is 11.3 Å². The van der Waals surface area contributed by atoms with Gasteiger partial charge in [-0.1, -0.05) is 35.3 Å². The summed E-state index contributed by atoms with van der Waals surface area (Å²) in [5, 5.41) is 5.99. The number of halogens is 2. The number of nitrogens with one attached hydrogen (secondary N) is 1. The number of hydrogen-bond donors (Lipinski definition) is 1. The minimum Gasteiger partial charge on any atom is -0.355 e. The van der Waals surface area contributed by atoms with Gasteiger partial charge in [0.15, 0.2) is 0 Å². The highest BCUT2D eigenvalue weighted by molar-refractivity contribution is 7.09. The first kappa shape index (κ1) is 21.6. The molecule has 2 saturated heterocycles. The average molecular weight is 466 g/mol. The Morgan fingerprint density at radius 2 is 2.00 bits per heavy atom. The Balaban J connectivity index is 1.40. The fourth-order valence-electron chi connectivity index (χ4n) is 4.26. The predicted octanol–water partition coefficient (Wildman–Crippen LogP) is 4.18. The van der Waals surface area contributed by atoms with E-state index in [2.05, 4.69) is 16.3 Å². The van der Waals surface area contributed by atoms with E-state index < -0.39 is 0 Å². The van der Waals surface area contributed by atoms with E-state index in [-0.39, 0.29) is 23.8 Å². The lowest BCUT2D eigenvalue weighted by molar-refractivity contribution is -0.139. The molecule has 2 fully saturated rings. The molecule has 2 amide bonds. The second-order valence-electron chi connectivity index (χ2n) is 8.01. The monoisotopic (exact) mass is 465 g/mol. The maximum absolute atomic E-state index is 13.3. The maximum Gasteiger partial charge on any atom is 0.228 e. The number of hydrogen-bond acceptors (Lipinski definition) is 4. The summed E-state index contributed by atoms with van der Waals surface area (Å²) in [6.45, 7) is 3.74. The third kappa shape index (κ3) is 5.17. The SMILES string of the molecule is O=C1CC(C(=O)N(Cc2cccs2)C2CCN(Cc3ccc(Cl)c(Cl)c3)CC2)CN1. The Kier molecular flexibility index (Phi) is 6.98. The van der Waals surface area contributed by atoms with Gasteiger partial charge in [-0.2, -0.15) is 0 Å². The van der Waals surface area contributed by atoms with E-state index in [0.717, 1.165) is 38.0 Å². The van der Waals surface area contributed by atoms with Crippen LogP contribution < -0.4 is 5.32 Å². The van der Waals surface area contributed by atoms with Gasteiger partial charge >= 0.3 is 0 Å². The quantitative estimate of drug-likeness (QED) is 0.695. The second kappa shape index (κ2) is 9.69. The van der Waals surface area contributed by atoms with Crippen molar-refractivity contribution in [1.82, 2.24) is 15.1 Å². The minimum atomic E-state index is -0.244. The minimum absolute atomic E-state index is 0.0270. The van der Waals surface area contributed by atoms with E-state index in [4.69, 9.17) is 23.2 Å². The van der Waals surface area contributed by atoms with Gasteiger partial charge in [-0.05, 0) is 42.0 Å². The largest absolute Gasteiger partial charge is 0.355 e. The van der Waals surface area contributed by atoms with E-state index in [1.807, 2.05) is 34.5 Å². The van der Waals surface area contributed by atoms with Crippen LogP contribution in [0, 0.1) is 5.92 Å². The van der Waals surface area contributed by atoms with Gasteiger partial charge in [0.2, 0.25) is 11.8 Å². The van der Waals surface area contributed by atoms with Crippen LogP contribution in [0.3, 0.4) is 0 Å². The van der Waals surface area contributed by atoms with Gasteiger partial charge in [-0.25, -0.2) is 0 Å². The van der Waals surface area contributed by atoms with Crippen molar-refractivity contribution in [3.05, 3.63) is 56.2 Å². The van der Waals surface area contributed by atoms with Crippen molar-refractivity contribution in [1.29, 1.82) is 0 Å². The van der Waals surface area contributed by atoms with Crippen LogP contribution in [0.25, 0.3) is 0 Å². The standard InChI is InChI=1S/C22H25Cl2N3O2S/c23-19-4-3-15(10-20(19)24)13-26-7-5-17(6-8-26)27(14-18-2-1-9-30-18)22(29)16-11-21(28)25-12-16/h1-4,9-10,16-17H,5-8,11-14H2,(H,25,28). The molecule has 2 aliphatic heterocycles. The number of likely N-dealkylation sites (tertiary alicyclic amines) is 1. The molecule has 30 heavy (non-hydrogen) atoms. The van der Waals surface area contributed by atoms with Crippen molar-refractivity contribution in [2.75, 3.05) is 19.6 Å². The molecule has 1 aromatic carbocycles. The zero-order valence-electron chi connectivity index (χ0n) is 16.7. The van der Waals surface area contributed by atoms with Crippen molar-refractivity contribution in [3.8, 4) is 0 Å². The molecular weight excluding hydrogens is 441 g/mol. The van der Waals surface area contributed by atoms with Crippen LogP contribution >= 0.6 is 34.5 Å². The van der Waals surface area contributed by atoms with Crippen LogP contribution in [0.4, 0.5) is 0 Å². The summed E-state index contributed by atoms with van der Waals surface area (Å²) < 4.78 is 0. The highest BCUT2D eigenvalue weighted by Crippen LogP contribution is 2.27. The molecule has 0 spiro atoms. The smallest absolute Gasteiger partial charge is 0.228 e. The highest BCUT2D eigenvalue weighted by atomic mass is 35.5. The third-order valence-corrected chi connectivity index (χ3v) is 7.50. The average Bonchev–Trinajstić information content (AvgIpc) is 3.41. The van der Waals surface area contributed by atoms with Gasteiger partial charge in [-0.3, -0.25) is 14.5 Å². The molecule has 8 heteroatoms. The molecule has 1 N–H and O–H groups in total. The molecule has 0 bridgehead atoms. The number of carbonyl (C=O) groups excluding carboxylic acids is 2. The van der Waals surface area contributed by atoms with Crippen LogP contribution in [0.1, 0.15) is 29.7 Å². The summed E-state index contributed by atoms with van der Waals surface area (Å²) in [7, 11) is 0. The van der Waals surface area contributed by atoms with Crippen molar-refractivity contribution in [2.45, 2.75) is 38.4 Å². The Morgan fingerprint density at radius 3 is 2.63 bits per heavy atom. The van der Waals surface area contributed by atoms with E-state index in [0.29, 0.717) is 29.6 Å². The normalized spacial score (nSPS) is 20.3. The van der Waals surface area contributed by atoms with Gasteiger partial charge < -0.3 is 10.2 Å². The molecule has 0 saturated carbocycles. The molecule has 1 atom stereocenters. The van der Waals surface area contributed by atoms with Gasteiger partial charge in [0.25, 0.3) is 0 Å². The van der Waals surface area contributed by atoms with Crippen molar-refractivity contribution in [2.24, 2.45) is 5.92 Å². The lowest BCUT2D eigenvalue weighted by Crippen LogP contribution is -2.48. The fourth-order valence-corrected chi connectivity index (χ4v) is 5.28. The van der Waals surface area contributed by atoms with Gasteiger partial charge in [0, 0.05) is 43.5 Å². The topological polar surface area (TPSA) is 52.7 Å². The number of nitrogens with zero attached hydrogens (tertiary/aromatic N) is 2. The fraction of sp³-hybridized carbons (Fsp3) is 0.455. The summed E-state index contributed by atoms with van der Waals surface area (Å²) in [6.07, 6.45) is 2.15. The first-order chi connectivity index (χ1) is 14.5. The second-order valence-corrected chi connectivity index (χ2v) is 9.85. The number of rotatable bonds is 6. The number of thiophene rings is 1. The molecule has 1 unspecified atom stereocenters. The number of amides is 2. The van der Waals surface area contributed by atoms with Crippen molar-refractivity contribution in [3.63, 3.8) is 0 Å². The molecule has 0 radical (unpaired) electrons. The molecule has 2 aliphatic rings. The van der Waals surface area contributed by atoms with E-state index in [1.165, 1.54) is 4.88 Å². The number of benzene rings is 1. The van der Waals surface area contributed by atoms with E-state index in [1.54, 1.807) is 11.3 Å². The lowest BCUT2D eigenvalue weighted by Gasteiger charge is -2.39. The van der Waals surface area contributed by atoms with Crippen molar-refractivity contribution >= 4 is 46.4 Å². The Morgan fingerprint density at radius 1 is 1.20 bits per heavy atom. The summed E-state index contributed by atoms with van der Waals surface area (Å²) in [5.41, 5.74) is 1.14. The molecule has 1 aromatic heterocycles. The Bertz CT molecular complexity index is 898. The molecule has 4 rings (SSSR count). The zero-order valence-corrected chi connectivity index (χ0v) is 19.0. The number of carbonyl (C=O) groups is 2. The zero-order chi connectivity index (χ0) is 21.1. The highest BCUT2D eigenvalue weighted by Gasteiger charge is 2.35. The maximum atomic E-state index is 13.3. The lowest BCUT2D eigenvalue weighted by atomic mass is 9.99. The molecule has 0 aliphatic carbocycles. The van der Waals surface area contributed by atoms with Gasteiger partial charge in [0.1, 0.15) is 0 Å². The van der Waals surface area contributed by atoms with Crippen LogP contribution in [0.15, 0.2) is 35.7 Å². The van der Waals surface area contributed by atoms with E-state index >= 15 is 0 Å².